The summed E-state index contributed by atoms with van der Waals surface area (Å²) in [7, 11) is 0. The number of carbonyl (C=O) groups is 2. The van der Waals surface area contributed by atoms with E-state index in [1.54, 1.807) is 36.4 Å². The molecule has 0 aliphatic heterocycles. The lowest BCUT2D eigenvalue weighted by molar-refractivity contribution is -0.119. The topological polar surface area (TPSA) is 119 Å². The zero-order valence-corrected chi connectivity index (χ0v) is 19.8. The van der Waals surface area contributed by atoms with Crippen molar-refractivity contribution in [1.82, 2.24) is 10.4 Å². The van der Waals surface area contributed by atoms with E-state index in [1.165, 1.54) is 17.6 Å². The number of halogens is 1. The predicted molar refractivity (Wildman–Crippen MR) is 138 cm³/mol. The van der Waals surface area contributed by atoms with Gasteiger partial charge in [0, 0.05) is 32.8 Å². The van der Waals surface area contributed by atoms with E-state index in [1.807, 2.05) is 41.8 Å². The number of amides is 2. The van der Waals surface area contributed by atoms with Crippen LogP contribution in [0.25, 0.3) is 11.3 Å². The molecule has 35 heavy (non-hydrogen) atoms. The van der Waals surface area contributed by atoms with Gasteiger partial charge in [-0.05, 0) is 48.5 Å². The number of hydrazone groups is 1. The lowest BCUT2D eigenvalue weighted by atomic mass is 10.1. The molecule has 0 saturated carbocycles. The summed E-state index contributed by atoms with van der Waals surface area (Å²) in [5, 5.41) is 10.6. The molecule has 0 unspecified atom stereocenters. The van der Waals surface area contributed by atoms with E-state index in [0.717, 1.165) is 22.1 Å². The van der Waals surface area contributed by atoms with Crippen molar-refractivity contribution in [1.29, 1.82) is 0 Å². The third kappa shape index (κ3) is 6.66. The van der Waals surface area contributed by atoms with E-state index in [2.05, 4.69) is 20.8 Å². The van der Waals surface area contributed by atoms with Crippen LogP contribution in [0, 0.1) is 0 Å². The fraction of sp³-hybridized carbons (Fsp3) is 0.0400. The van der Waals surface area contributed by atoms with E-state index in [-0.39, 0.29) is 12.5 Å². The molecule has 3 aromatic carbocycles. The van der Waals surface area contributed by atoms with E-state index >= 15 is 0 Å². The Morgan fingerprint density at radius 2 is 1.80 bits per heavy atom. The fourth-order valence-corrected chi connectivity index (χ4v) is 3.87. The molecule has 0 aliphatic rings. The number of thiazole rings is 1. The van der Waals surface area contributed by atoms with Crippen LogP contribution in [0.5, 0.6) is 5.75 Å². The molecule has 0 fully saturated rings. The van der Waals surface area contributed by atoms with Crippen LogP contribution in [-0.4, -0.2) is 29.6 Å². The van der Waals surface area contributed by atoms with Crippen molar-refractivity contribution in [2.75, 3.05) is 11.9 Å². The number of para-hydroxylation sites is 1. The number of aromatic nitrogens is 1. The number of primary amides is 1. The third-order valence-corrected chi connectivity index (χ3v) is 5.71. The highest BCUT2D eigenvalue weighted by atomic mass is 35.5. The first kappa shape index (κ1) is 23.9. The van der Waals surface area contributed by atoms with E-state index < -0.39 is 5.91 Å². The van der Waals surface area contributed by atoms with Crippen LogP contribution in [0.1, 0.15) is 15.9 Å². The minimum atomic E-state index is -0.583. The molecule has 4 aromatic rings. The monoisotopic (exact) mass is 505 g/mol. The molecule has 1 aromatic heterocycles. The summed E-state index contributed by atoms with van der Waals surface area (Å²) in [6, 6.07) is 21.4. The molecule has 1 heterocycles. The predicted octanol–water partition coefficient (Wildman–Crippen LogP) is 4.84. The maximum absolute atomic E-state index is 12.5. The molecule has 176 valence electrons. The second kappa shape index (κ2) is 11.3. The minimum absolute atomic E-state index is 0.249. The number of nitrogens with one attached hydrogen (secondary N) is 2. The van der Waals surface area contributed by atoms with Crippen LogP contribution in [0.15, 0.2) is 83.3 Å². The van der Waals surface area contributed by atoms with Gasteiger partial charge in [0.25, 0.3) is 11.8 Å². The lowest BCUT2D eigenvalue weighted by Crippen LogP contribution is -2.20. The maximum atomic E-state index is 12.5. The van der Waals surface area contributed by atoms with Crippen molar-refractivity contribution < 1.29 is 14.3 Å². The molecule has 0 saturated heterocycles. The molecule has 10 heteroatoms. The molecule has 0 spiro atoms. The van der Waals surface area contributed by atoms with E-state index in [9.17, 15) is 9.59 Å². The van der Waals surface area contributed by atoms with Gasteiger partial charge in [0.2, 0.25) is 0 Å². The van der Waals surface area contributed by atoms with E-state index in [0.29, 0.717) is 21.9 Å². The summed E-state index contributed by atoms with van der Waals surface area (Å²) in [5.41, 5.74) is 11.2. The fourth-order valence-electron chi connectivity index (χ4n) is 3.01. The summed E-state index contributed by atoms with van der Waals surface area (Å²) in [5.74, 6) is -0.520. The molecule has 4 N–H and O–H groups in total. The third-order valence-electron chi connectivity index (χ3n) is 4.70. The quantitative estimate of drug-likeness (QED) is 0.222. The van der Waals surface area contributed by atoms with Crippen molar-refractivity contribution in [3.05, 3.63) is 94.3 Å². The number of ether oxygens (including phenoxy) is 1. The normalized spacial score (nSPS) is 10.8. The molecule has 0 atom stereocenters. The van der Waals surface area contributed by atoms with Gasteiger partial charge in [-0.25, -0.2) is 10.4 Å². The highest BCUT2D eigenvalue weighted by Gasteiger charge is 2.09. The van der Waals surface area contributed by atoms with Crippen LogP contribution in [0.4, 0.5) is 10.8 Å². The van der Waals surface area contributed by atoms with Crippen molar-refractivity contribution in [2.45, 2.75) is 0 Å². The summed E-state index contributed by atoms with van der Waals surface area (Å²) >= 11 is 7.40. The summed E-state index contributed by atoms with van der Waals surface area (Å²) in [6.45, 7) is -0.249. The number of nitrogens with two attached hydrogens (primary N) is 1. The van der Waals surface area contributed by atoms with Crippen molar-refractivity contribution in [3.8, 4) is 17.0 Å². The first-order valence-corrected chi connectivity index (χ1v) is 11.7. The Kier molecular flexibility index (Phi) is 7.71. The summed E-state index contributed by atoms with van der Waals surface area (Å²) in [6.07, 6.45) is 1.44. The van der Waals surface area contributed by atoms with E-state index in [4.69, 9.17) is 22.1 Å². The number of benzene rings is 3. The Labute approximate surface area is 210 Å². The van der Waals surface area contributed by atoms with Gasteiger partial charge in [0.15, 0.2) is 11.7 Å². The SMILES string of the molecule is NC(=O)COc1ccccc1/C=N\NC(=O)c1ccc(-c2csc(Nc3ccc(Cl)cc3)n2)cc1. The van der Waals surface area contributed by atoms with Crippen LogP contribution >= 0.6 is 22.9 Å². The highest BCUT2D eigenvalue weighted by molar-refractivity contribution is 7.14. The summed E-state index contributed by atoms with van der Waals surface area (Å²) in [4.78, 5) is 28.0. The average Bonchev–Trinajstić information content (AvgIpc) is 3.33. The number of anilines is 2. The van der Waals surface area contributed by atoms with Crippen LogP contribution in [0.2, 0.25) is 5.02 Å². The Hall–Kier alpha value is -4.21. The zero-order chi connectivity index (χ0) is 24.6. The number of rotatable bonds is 9. The van der Waals surface area contributed by atoms with Gasteiger partial charge in [-0.2, -0.15) is 5.10 Å². The van der Waals surface area contributed by atoms with Gasteiger partial charge >= 0.3 is 0 Å². The largest absolute Gasteiger partial charge is 0.483 e. The molecule has 0 aliphatic carbocycles. The average molecular weight is 506 g/mol. The van der Waals surface area contributed by atoms with Gasteiger partial charge in [-0.3, -0.25) is 9.59 Å². The standard InChI is InChI=1S/C25H20ClN5O3S/c26-19-9-11-20(12-10-19)29-25-30-21(15-35-25)16-5-7-17(8-6-16)24(33)31-28-13-18-3-1-2-4-22(18)34-14-23(27)32/h1-13,15H,14H2,(H2,27,32)(H,29,30)(H,31,33)/b28-13-. The number of hydrogen-bond acceptors (Lipinski definition) is 7. The maximum Gasteiger partial charge on any atom is 0.271 e. The molecular weight excluding hydrogens is 486 g/mol. The van der Waals surface area contributed by atoms with Gasteiger partial charge in [-0.1, -0.05) is 35.9 Å². The lowest BCUT2D eigenvalue weighted by Gasteiger charge is -2.06. The van der Waals surface area contributed by atoms with Gasteiger partial charge in [0.1, 0.15) is 5.75 Å². The van der Waals surface area contributed by atoms with Gasteiger partial charge in [-0.15, -0.1) is 11.3 Å². The molecule has 8 nitrogen and oxygen atoms in total. The molecule has 0 radical (unpaired) electrons. The van der Waals surface area contributed by atoms with Crippen LogP contribution in [0.3, 0.4) is 0 Å². The second-order valence-corrected chi connectivity index (χ2v) is 8.53. The van der Waals surface area contributed by atoms with Crippen molar-refractivity contribution in [3.63, 3.8) is 0 Å². The molecular formula is C25H20ClN5O3S. The Bertz CT molecular complexity index is 1350. The zero-order valence-electron chi connectivity index (χ0n) is 18.3. The molecule has 2 amide bonds. The minimum Gasteiger partial charge on any atom is -0.483 e. The Morgan fingerprint density at radius 3 is 2.54 bits per heavy atom. The van der Waals surface area contributed by atoms with Gasteiger partial charge < -0.3 is 15.8 Å². The number of nitrogens with zero attached hydrogens (tertiary/aromatic N) is 2. The van der Waals surface area contributed by atoms with Crippen molar-refractivity contribution in [2.24, 2.45) is 10.8 Å². The number of hydrogen-bond donors (Lipinski definition) is 3. The van der Waals surface area contributed by atoms with Crippen molar-refractivity contribution >= 4 is 51.8 Å². The Morgan fingerprint density at radius 1 is 1.06 bits per heavy atom. The number of carbonyl (C=O) groups excluding carboxylic acids is 2. The van der Waals surface area contributed by atoms with Crippen LogP contribution < -0.4 is 21.2 Å². The first-order chi connectivity index (χ1) is 17.0. The summed E-state index contributed by atoms with van der Waals surface area (Å²) < 4.78 is 5.34. The molecule has 0 bridgehead atoms. The van der Waals surface area contributed by atoms with Gasteiger partial charge in [0.05, 0.1) is 11.9 Å². The first-order valence-electron chi connectivity index (χ1n) is 10.4. The highest BCUT2D eigenvalue weighted by Crippen LogP contribution is 2.28. The second-order valence-electron chi connectivity index (χ2n) is 7.24. The van der Waals surface area contributed by atoms with Crippen LogP contribution in [-0.2, 0) is 4.79 Å². The Balaban J connectivity index is 1.36. The smallest absolute Gasteiger partial charge is 0.271 e. The molecule has 4 rings (SSSR count).